The number of alkyl halides is 2. The smallest absolute Gasteiger partial charge is 0.256 e. The number of nitrogens with zero attached hydrogens (tertiary/aromatic N) is 1. The highest BCUT2D eigenvalue weighted by Crippen LogP contribution is 2.35. The third-order valence-corrected chi connectivity index (χ3v) is 3.54. The normalized spacial score (nSPS) is 15.5. The molecule has 0 fully saturated rings. The van der Waals surface area contributed by atoms with Crippen LogP contribution in [-0.4, -0.2) is 17.9 Å². The molecule has 0 radical (unpaired) electrons. The Morgan fingerprint density at radius 2 is 1.75 bits per heavy atom. The summed E-state index contributed by atoms with van der Waals surface area (Å²) in [6.45, 7) is 2.96. The molecule has 1 aliphatic heterocycles. The highest BCUT2D eigenvalue weighted by atomic mass is 79.9. The molecule has 0 saturated carbocycles. The van der Waals surface area contributed by atoms with Gasteiger partial charge < -0.3 is 4.90 Å². The lowest BCUT2D eigenvalue weighted by atomic mass is 10.1. The second kappa shape index (κ2) is 5.83. The van der Waals surface area contributed by atoms with Crippen LogP contribution in [0, 0.1) is 11.6 Å². The summed E-state index contributed by atoms with van der Waals surface area (Å²) in [5.41, 5.74) is -0.0925. The maximum atomic E-state index is 13.8. The zero-order chi connectivity index (χ0) is 14.9. The van der Waals surface area contributed by atoms with Crippen molar-refractivity contribution in [1.29, 1.82) is 0 Å². The first-order chi connectivity index (χ1) is 9.41. The van der Waals surface area contributed by atoms with E-state index in [9.17, 15) is 17.6 Å². The van der Waals surface area contributed by atoms with Crippen LogP contribution >= 0.6 is 15.9 Å². The fourth-order valence-corrected chi connectivity index (χ4v) is 2.27. The van der Waals surface area contributed by atoms with Crippen LogP contribution in [-0.2, 0) is 0 Å². The molecule has 0 amide bonds. The van der Waals surface area contributed by atoms with Crippen molar-refractivity contribution in [3.8, 4) is 0 Å². The maximum Gasteiger partial charge on any atom is 0.256 e. The molecule has 1 heterocycles. The van der Waals surface area contributed by atoms with E-state index >= 15 is 0 Å². The van der Waals surface area contributed by atoms with E-state index in [-0.39, 0.29) is 17.0 Å². The molecule has 0 unspecified atom stereocenters. The molecule has 1 nitrogen and oxygen atoms in total. The standard InChI is InChI=1S/C14H10BrF4N/c1-8-9(15)5-6-12(20(8)7-13(18)19)14-10(16)3-2-4-11(14)17/h2-6,13H,1,7H2. The summed E-state index contributed by atoms with van der Waals surface area (Å²) in [5.74, 6) is -1.62. The van der Waals surface area contributed by atoms with Gasteiger partial charge in [0.1, 0.15) is 11.6 Å². The lowest BCUT2D eigenvalue weighted by Gasteiger charge is -2.31. The minimum absolute atomic E-state index is 0.0223. The summed E-state index contributed by atoms with van der Waals surface area (Å²) < 4.78 is 53.5. The summed E-state index contributed by atoms with van der Waals surface area (Å²) in [6, 6.07) is 3.38. The molecule has 0 saturated heterocycles. The number of benzene rings is 1. The lowest BCUT2D eigenvalue weighted by molar-refractivity contribution is 0.123. The first-order valence-electron chi connectivity index (χ1n) is 5.68. The van der Waals surface area contributed by atoms with Crippen LogP contribution in [0.3, 0.4) is 0 Å². The van der Waals surface area contributed by atoms with E-state index in [0.29, 0.717) is 4.48 Å². The molecule has 0 aliphatic carbocycles. The van der Waals surface area contributed by atoms with Gasteiger partial charge in [-0.25, -0.2) is 17.6 Å². The molecule has 0 aromatic heterocycles. The van der Waals surface area contributed by atoms with Gasteiger partial charge in [-0.3, -0.25) is 0 Å². The highest BCUT2D eigenvalue weighted by Gasteiger charge is 2.26. The Kier molecular flexibility index (Phi) is 4.32. The van der Waals surface area contributed by atoms with Gasteiger partial charge in [-0.2, -0.15) is 0 Å². The van der Waals surface area contributed by atoms with E-state index < -0.39 is 24.6 Å². The Morgan fingerprint density at radius 1 is 1.15 bits per heavy atom. The summed E-state index contributed by atoms with van der Waals surface area (Å²) in [5, 5.41) is 0. The quantitative estimate of drug-likeness (QED) is 0.717. The monoisotopic (exact) mass is 347 g/mol. The summed E-state index contributed by atoms with van der Waals surface area (Å²) in [4.78, 5) is 1.09. The van der Waals surface area contributed by atoms with Gasteiger partial charge in [0, 0.05) is 10.2 Å². The van der Waals surface area contributed by atoms with Crippen molar-refractivity contribution >= 4 is 21.6 Å². The van der Waals surface area contributed by atoms with Crippen molar-refractivity contribution in [3.05, 3.63) is 64.3 Å². The second-order valence-corrected chi connectivity index (χ2v) is 4.97. The molecule has 6 heteroatoms. The van der Waals surface area contributed by atoms with E-state index in [1.807, 2.05) is 0 Å². The minimum Gasteiger partial charge on any atom is -0.335 e. The maximum absolute atomic E-state index is 13.8. The van der Waals surface area contributed by atoms with Gasteiger partial charge in [-0.1, -0.05) is 12.6 Å². The summed E-state index contributed by atoms with van der Waals surface area (Å²) in [7, 11) is 0. The molecule has 0 N–H and O–H groups in total. The number of halogens is 5. The third-order valence-electron chi connectivity index (χ3n) is 2.82. The molecular formula is C14H10BrF4N. The van der Waals surface area contributed by atoms with E-state index in [4.69, 9.17) is 0 Å². The summed E-state index contributed by atoms with van der Waals surface area (Å²) >= 11 is 3.16. The van der Waals surface area contributed by atoms with Gasteiger partial charge in [0.2, 0.25) is 0 Å². The largest absolute Gasteiger partial charge is 0.335 e. The van der Waals surface area contributed by atoms with Crippen LogP contribution in [0.5, 0.6) is 0 Å². The lowest BCUT2D eigenvalue weighted by Crippen LogP contribution is -2.29. The number of allylic oxidation sites excluding steroid dienone is 3. The zero-order valence-corrected chi connectivity index (χ0v) is 11.8. The average molecular weight is 348 g/mol. The SMILES string of the molecule is C=C1C(Br)=CC=C(c2c(F)cccc2F)N1CC(F)F. The van der Waals surface area contributed by atoms with Crippen LogP contribution in [0.1, 0.15) is 5.56 Å². The molecule has 2 rings (SSSR count). The Hall–Kier alpha value is -1.56. The van der Waals surface area contributed by atoms with Gasteiger partial charge in [0.15, 0.2) is 0 Å². The predicted octanol–water partition coefficient (Wildman–Crippen LogP) is 4.68. The highest BCUT2D eigenvalue weighted by molar-refractivity contribution is 9.12. The third kappa shape index (κ3) is 2.80. The first-order valence-corrected chi connectivity index (χ1v) is 6.48. The predicted molar refractivity (Wildman–Crippen MR) is 73.2 cm³/mol. The van der Waals surface area contributed by atoms with Gasteiger partial charge in [-0.05, 0) is 40.2 Å². The molecule has 20 heavy (non-hydrogen) atoms. The Bertz CT molecular complexity index is 587. The van der Waals surface area contributed by atoms with Crippen LogP contribution in [0.4, 0.5) is 17.6 Å². The Balaban J connectivity index is 2.54. The van der Waals surface area contributed by atoms with Crippen LogP contribution < -0.4 is 0 Å². The van der Waals surface area contributed by atoms with Gasteiger partial charge in [0.05, 0.1) is 17.8 Å². The molecule has 1 aromatic carbocycles. The van der Waals surface area contributed by atoms with Crippen molar-refractivity contribution in [1.82, 2.24) is 4.90 Å². The Morgan fingerprint density at radius 3 is 2.30 bits per heavy atom. The Labute approximate surface area is 122 Å². The number of hydrogen-bond donors (Lipinski definition) is 0. The summed E-state index contributed by atoms with van der Waals surface area (Å²) in [6.07, 6.45) is 0.233. The molecular weight excluding hydrogens is 338 g/mol. The minimum atomic E-state index is -2.66. The van der Waals surface area contributed by atoms with Gasteiger partial charge >= 0.3 is 0 Å². The van der Waals surface area contributed by atoms with Gasteiger partial charge in [0.25, 0.3) is 6.43 Å². The van der Waals surface area contributed by atoms with E-state index in [1.54, 1.807) is 0 Å². The molecule has 106 valence electrons. The van der Waals surface area contributed by atoms with Crippen molar-refractivity contribution in [3.63, 3.8) is 0 Å². The van der Waals surface area contributed by atoms with E-state index in [0.717, 1.165) is 17.0 Å². The zero-order valence-electron chi connectivity index (χ0n) is 10.2. The molecule has 1 aliphatic rings. The van der Waals surface area contributed by atoms with E-state index in [1.165, 1.54) is 18.2 Å². The van der Waals surface area contributed by atoms with Crippen molar-refractivity contribution in [2.75, 3.05) is 6.54 Å². The van der Waals surface area contributed by atoms with Crippen molar-refractivity contribution < 1.29 is 17.6 Å². The molecule has 1 aromatic rings. The van der Waals surface area contributed by atoms with Gasteiger partial charge in [-0.15, -0.1) is 0 Å². The average Bonchev–Trinajstić information content (AvgIpc) is 2.37. The number of rotatable bonds is 3. The second-order valence-electron chi connectivity index (χ2n) is 4.11. The van der Waals surface area contributed by atoms with Crippen molar-refractivity contribution in [2.24, 2.45) is 0 Å². The molecule has 0 spiro atoms. The van der Waals surface area contributed by atoms with E-state index in [2.05, 4.69) is 22.5 Å². The fraction of sp³-hybridized carbons (Fsp3) is 0.143. The fourth-order valence-electron chi connectivity index (χ4n) is 1.92. The first kappa shape index (κ1) is 14.8. The van der Waals surface area contributed by atoms with Crippen LogP contribution in [0.15, 0.2) is 47.1 Å². The van der Waals surface area contributed by atoms with Crippen LogP contribution in [0.25, 0.3) is 5.70 Å². The van der Waals surface area contributed by atoms with Crippen molar-refractivity contribution in [2.45, 2.75) is 6.43 Å². The number of hydrogen-bond acceptors (Lipinski definition) is 1. The van der Waals surface area contributed by atoms with Crippen LogP contribution in [0.2, 0.25) is 0 Å². The molecule has 0 atom stereocenters. The topological polar surface area (TPSA) is 3.24 Å². The molecule has 0 bridgehead atoms.